The van der Waals surface area contributed by atoms with Crippen LogP contribution in [-0.4, -0.2) is 35.0 Å². The van der Waals surface area contributed by atoms with E-state index in [1.807, 2.05) is 0 Å². The van der Waals surface area contributed by atoms with Crippen molar-refractivity contribution in [2.24, 2.45) is 23.2 Å². The van der Waals surface area contributed by atoms with E-state index >= 15 is 0 Å². The largest absolute Gasteiger partial charge is 0.356 e. The Bertz CT molecular complexity index is 783. The lowest BCUT2D eigenvalue weighted by molar-refractivity contribution is -0.129. The van der Waals surface area contributed by atoms with E-state index in [1.165, 1.54) is 63.5 Å². The maximum atomic E-state index is 13.1. The van der Waals surface area contributed by atoms with Crippen molar-refractivity contribution in [2.45, 2.75) is 103 Å². The molecule has 1 spiro atoms. The Kier molecular flexibility index (Phi) is 6.44. The average Bonchev–Trinajstić information content (AvgIpc) is 3.63. The van der Waals surface area contributed by atoms with Crippen molar-refractivity contribution in [3.63, 3.8) is 0 Å². The van der Waals surface area contributed by atoms with Gasteiger partial charge in [-0.15, -0.1) is 0 Å². The molecule has 1 atom stereocenters. The predicted octanol–water partition coefficient (Wildman–Crippen LogP) is 5.46. The summed E-state index contributed by atoms with van der Waals surface area (Å²) in [7, 11) is 0. The van der Waals surface area contributed by atoms with Crippen LogP contribution >= 0.6 is 0 Å². The summed E-state index contributed by atoms with van der Waals surface area (Å²) < 4.78 is 0. The minimum atomic E-state index is 0.190. The third-order valence-electron chi connectivity index (χ3n) is 8.98. The fourth-order valence-corrected chi connectivity index (χ4v) is 6.61. The smallest absolute Gasteiger partial charge is 0.223 e. The van der Waals surface area contributed by atoms with Crippen LogP contribution in [0.4, 0.5) is 5.82 Å². The van der Waals surface area contributed by atoms with Crippen molar-refractivity contribution in [3.8, 4) is 0 Å². The van der Waals surface area contributed by atoms with Crippen molar-refractivity contribution < 1.29 is 4.79 Å². The van der Waals surface area contributed by atoms with Crippen LogP contribution in [0.2, 0.25) is 0 Å². The van der Waals surface area contributed by atoms with Gasteiger partial charge in [0.15, 0.2) is 0 Å². The summed E-state index contributed by atoms with van der Waals surface area (Å²) in [6.45, 7) is 6.62. The topological polar surface area (TPSA) is 58.1 Å². The van der Waals surface area contributed by atoms with Crippen LogP contribution in [0.1, 0.15) is 103 Å². The maximum absolute atomic E-state index is 13.1. The molecule has 5 nitrogen and oxygen atoms in total. The van der Waals surface area contributed by atoms with E-state index in [9.17, 15) is 4.79 Å². The van der Waals surface area contributed by atoms with Crippen LogP contribution in [0, 0.1) is 23.2 Å². The lowest BCUT2D eigenvalue weighted by atomic mass is 9.60. The number of hydrogen-bond acceptors (Lipinski definition) is 4. The molecule has 5 rings (SSSR count). The van der Waals surface area contributed by atoms with Gasteiger partial charge in [-0.1, -0.05) is 46.0 Å². The zero-order valence-electron chi connectivity index (χ0n) is 20.2. The molecule has 5 heteroatoms. The van der Waals surface area contributed by atoms with E-state index in [-0.39, 0.29) is 5.92 Å². The van der Waals surface area contributed by atoms with E-state index in [4.69, 9.17) is 0 Å². The second-order valence-electron chi connectivity index (χ2n) is 11.8. The molecular weight excluding hydrogens is 396 g/mol. The van der Waals surface area contributed by atoms with E-state index in [1.54, 1.807) is 6.33 Å². The second-order valence-corrected chi connectivity index (χ2v) is 11.8. The van der Waals surface area contributed by atoms with Gasteiger partial charge in [0, 0.05) is 42.7 Å². The molecule has 1 aromatic heterocycles. The Morgan fingerprint density at radius 3 is 2.47 bits per heavy atom. The van der Waals surface area contributed by atoms with Gasteiger partial charge in [0.05, 0.1) is 0 Å². The number of amides is 1. The Morgan fingerprint density at radius 1 is 1.09 bits per heavy atom. The average molecular weight is 439 g/mol. The summed E-state index contributed by atoms with van der Waals surface area (Å²) in [6, 6.07) is 2.61. The Hall–Kier alpha value is -1.65. The lowest BCUT2D eigenvalue weighted by Gasteiger charge is -2.52. The van der Waals surface area contributed by atoms with Crippen molar-refractivity contribution in [2.75, 3.05) is 18.0 Å². The highest BCUT2D eigenvalue weighted by atomic mass is 16.2. The molecule has 3 saturated carbocycles. The molecule has 0 aromatic carbocycles. The van der Waals surface area contributed by atoms with Crippen molar-refractivity contribution in [1.82, 2.24) is 15.3 Å². The van der Waals surface area contributed by atoms with Gasteiger partial charge in [-0.25, -0.2) is 9.97 Å². The Morgan fingerprint density at radius 2 is 1.81 bits per heavy atom. The molecule has 4 fully saturated rings. The Balaban J connectivity index is 1.09. The highest BCUT2D eigenvalue weighted by Gasteiger charge is 2.47. The summed E-state index contributed by atoms with van der Waals surface area (Å²) in [5.74, 6) is 3.51. The lowest BCUT2D eigenvalue weighted by Crippen LogP contribution is -2.56. The first kappa shape index (κ1) is 22.2. The number of nitrogens with one attached hydrogen (secondary N) is 1. The van der Waals surface area contributed by atoms with Crippen LogP contribution < -0.4 is 10.2 Å². The zero-order chi connectivity index (χ0) is 22.1. The third-order valence-corrected chi connectivity index (χ3v) is 8.98. The van der Waals surface area contributed by atoms with Gasteiger partial charge in [0.1, 0.15) is 12.1 Å². The summed E-state index contributed by atoms with van der Waals surface area (Å²) >= 11 is 0. The standard InChI is InChI=1S/C27H42N4O/c1-19(2)23(14-20-6-4-3-5-7-20)26(32)30-22-16-27(17-22)10-12-31(13-11-27)25-15-24(21-8-9-21)28-18-29-25/h15,18-23H,3-14,16-17H2,1-2H3,(H,30,32). The molecule has 2 heterocycles. The molecule has 1 N–H and O–H groups in total. The fraction of sp³-hybridized carbons (Fsp3) is 0.815. The molecule has 1 aromatic rings. The number of carbonyl (C=O) groups excluding carboxylic acids is 1. The van der Waals surface area contributed by atoms with Crippen LogP contribution in [0.15, 0.2) is 12.4 Å². The van der Waals surface area contributed by atoms with Gasteiger partial charge in [-0.2, -0.15) is 0 Å². The summed E-state index contributed by atoms with van der Waals surface area (Å²) in [5, 5.41) is 3.46. The number of aromatic nitrogens is 2. The van der Waals surface area contributed by atoms with Gasteiger partial charge in [0.2, 0.25) is 5.91 Å². The van der Waals surface area contributed by atoms with E-state index < -0.39 is 0 Å². The molecule has 3 aliphatic carbocycles. The molecule has 4 aliphatic rings. The molecular formula is C27H42N4O. The minimum Gasteiger partial charge on any atom is -0.356 e. The van der Waals surface area contributed by atoms with Crippen LogP contribution in [0.25, 0.3) is 0 Å². The van der Waals surface area contributed by atoms with Crippen molar-refractivity contribution in [1.29, 1.82) is 0 Å². The monoisotopic (exact) mass is 438 g/mol. The second kappa shape index (κ2) is 9.30. The van der Waals surface area contributed by atoms with E-state index in [2.05, 4.69) is 40.1 Å². The molecule has 1 saturated heterocycles. The zero-order valence-corrected chi connectivity index (χ0v) is 20.2. The fourth-order valence-electron chi connectivity index (χ4n) is 6.61. The first-order chi connectivity index (χ1) is 15.5. The Labute approximate surface area is 194 Å². The molecule has 1 aliphatic heterocycles. The van der Waals surface area contributed by atoms with Crippen LogP contribution in [0.3, 0.4) is 0 Å². The molecule has 0 bridgehead atoms. The number of rotatable bonds is 7. The van der Waals surface area contributed by atoms with Crippen LogP contribution in [-0.2, 0) is 4.79 Å². The SMILES string of the molecule is CC(C)C(CC1CCCCC1)C(=O)NC1CC2(CCN(c3cc(C4CC4)ncn3)CC2)C1. The predicted molar refractivity (Wildman–Crippen MR) is 129 cm³/mol. The molecule has 176 valence electrons. The summed E-state index contributed by atoms with van der Waals surface area (Å²) in [5.41, 5.74) is 1.67. The molecule has 1 amide bonds. The van der Waals surface area contributed by atoms with E-state index in [0.717, 1.165) is 44.1 Å². The number of nitrogens with zero attached hydrogens (tertiary/aromatic N) is 3. The van der Waals surface area contributed by atoms with Crippen LogP contribution in [0.5, 0.6) is 0 Å². The van der Waals surface area contributed by atoms with Gasteiger partial charge in [-0.3, -0.25) is 4.79 Å². The highest BCUT2D eigenvalue weighted by molar-refractivity contribution is 5.79. The van der Waals surface area contributed by atoms with Gasteiger partial charge >= 0.3 is 0 Å². The van der Waals surface area contributed by atoms with Crippen molar-refractivity contribution in [3.05, 3.63) is 18.1 Å². The van der Waals surface area contributed by atoms with Gasteiger partial charge in [0.25, 0.3) is 0 Å². The number of hydrogen-bond donors (Lipinski definition) is 1. The van der Waals surface area contributed by atoms with Crippen molar-refractivity contribution >= 4 is 11.7 Å². The molecule has 32 heavy (non-hydrogen) atoms. The normalized spacial score (nSPS) is 25.0. The molecule has 1 unspecified atom stereocenters. The van der Waals surface area contributed by atoms with Gasteiger partial charge < -0.3 is 10.2 Å². The maximum Gasteiger partial charge on any atom is 0.223 e. The van der Waals surface area contributed by atoms with E-state index in [0.29, 0.717) is 29.2 Å². The summed E-state index contributed by atoms with van der Waals surface area (Å²) in [6.07, 6.45) is 16.9. The molecule has 0 radical (unpaired) electrons. The summed E-state index contributed by atoms with van der Waals surface area (Å²) in [4.78, 5) is 24.6. The van der Waals surface area contributed by atoms with Gasteiger partial charge in [-0.05, 0) is 62.2 Å². The quantitative estimate of drug-likeness (QED) is 0.614. The first-order valence-corrected chi connectivity index (χ1v) is 13.4. The highest BCUT2D eigenvalue weighted by Crippen LogP contribution is 2.50. The number of piperidine rings is 1. The number of carbonyl (C=O) groups is 1. The first-order valence-electron chi connectivity index (χ1n) is 13.4. The number of anilines is 1. The minimum absolute atomic E-state index is 0.190. The third kappa shape index (κ3) is 4.97.